The second kappa shape index (κ2) is 12.4. The highest BCUT2D eigenvalue weighted by atomic mass is 19.4. The molecule has 1 heterocycles. The van der Waals surface area contributed by atoms with E-state index in [1.165, 1.54) is 30.6 Å². The van der Waals surface area contributed by atoms with Gasteiger partial charge in [0.25, 0.3) is 0 Å². The molecule has 1 aliphatic carbocycles. The van der Waals surface area contributed by atoms with Crippen LogP contribution in [0.5, 0.6) is 11.5 Å². The predicted molar refractivity (Wildman–Crippen MR) is 134 cm³/mol. The number of hydrogen-bond donors (Lipinski definition) is 2. The van der Waals surface area contributed by atoms with E-state index in [9.17, 15) is 22.8 Å². The monoisotopic (exact) mass is 528 g/mol. The van der Waals surface area contributed by atoms with Crippen molar-refractivity contribution >= 4 is 23.7 Å². The maximum Gasteiger partial charge on any atom is 0.573 e. The Morgan fingerprint density at radius 2 is 1.66 bits per heavy atom. The van der Waals surface area contributed by atoms with Crippen LogP contribution in [-0.4, -0.2) is 41.7 Å². The van der Waals surface area contributed by atoms with E-state index in [0.29, 0.717) is 36.1 Å². The summed E-state index contributed by atoms with van der Waals surface area (Å²) in [6, 6.07) is 14.3. The summed E-state index contributed by atoms with van der Waals surface area (Å²) < 4.78 is 46.6. The number of nitrogens with one attached hydrogen (secondary N) is 2. The van der Waals surface area contributed by atoms with Gasteiger partial charge in [0, 0.05) is 29.2 Å². The number of carbonyl (C=O) groups excluding carboxylic acids is 2. The maximum atomic E-state index is 12.3. The van der Waals surface area contributed by atoms with Crippen LogP contribution in [0.1, 0.15) is 25.7 Å². The van der Waals surface area contributed by atoms with E-state index in [2.05, 4.69) is 25.3 Å². The first-order valence-electron chi connectivity index (χ1n) is 12.2. The quantitative estimate of drug-likeness (QED) is 0.272. The van der Waals surface area contributed by atoms with Crippen molar-refractivity contribution < 1.29 is 32.2 Å². The molecule has 0 bridgehead atoms. The van der Waals surface area contributed by atoms with Crippen molar-refractivity contribution in [1.82, 2.24) is 15.3 Å². The van der Waals surface area contributed by atoms with E-state index in [1.807, 2.05) is 12.1 Å². The summed E-state index contributed by atoms with van der Waals surface area (Å²) in [5.74, 6) is 0.845. The lowest BCUT2D eigenvalue weighted by molar-refractivity contribution is -0.274. The molecule has 38 heavy (non-hydrogen) atoms. The molecule has 8 nitrogen and oxygen atoms in total. The van der Waals surface area contributed by atoms with Crippen LogP contribution in [0.15, 0.2) is 60.9 Å². The molecule has 2 N–H and O–H groups in total. The van der Waals surface area contributed by atoms with Gasteiger partial charge in [-0.1, -0.05) is 0 Å². The molecule has 3 aromatic rings. The Labute approximate surface area is 217 Å². The number of anilines is 2. The van der Waals surface area contributed by atoms with Crippen LogP contribution in [0.4, 0.5) is 24.7 Å². The van der Waals surface area contributed by atoms with Crippen LogP contribution in [0.2, 0.25) is 0 Å². The second-order valence-electron chi connectivity index (χ2n) is 8.90. The van der Waals surface area contributed by atoms with Gasteiger partial charge < -0.3 is 24.9 Å². The fourth-order valence-corrected chi connectivity index (χ4v) is 4.20. The van der Waals surface area contributed by atoms with Crippen molar-refractivity contribution in [2.75, 3.05) is 18.5 Å². The molecule has 1 fully saturated rings. The molecular formula is C27H27F3N4O4. The number of halogens is 3. The van der Waals surface area contributed by atoms with E-state index in [0.717, 1.165) is 37.5 Å². The standard InChI is InChI=1S/C27H27F3N4O4/c28-27(29,30)38-23-11-7-21(8-12-23)34-25-15-24(32-17-33-25)19-5-9-22(10-6-19)37-14-13-31-26(36)20-3-1-18(16-35)2-4-20/h5-12,15-18,20H,1-4,13-14H2,(H,31,36)(H,32,33,34). The van der Waals surface area contributed by atoms with Gasteiger partial charge in [-0.2, -0.15) is 0 Å². The summed E-state index contributed by atoms with van der Waals surface area (Å²) in [6.07, 6.45) is 0.631. The maximum absolute atomic E-state index is 12.3. The van der Waals surface area contributed by atoms with Crippen LogP contribution in [-0.2, 0) is 9.59 Å². The van der Waals surface area contributed by atoms with Gasteiger partial charge in [0.05, 0.1) is 12.2 Å². The number of ether oxygens (including phenoxy) is 2. The third kappa shape index (κ3) is 7.92. The van der Waals surface area contributed by atoms with E-state index < -0.39 is 6.36 Å². The van der Waals surface area contributed by atoms with Crippen LogP contribution in [0.25, 0.3) is 11.3 Å². The molecule has 0 atom stereocenters. The third-order valence-electron chi connectivity index (χ3n) is 6.18. The molecule has 4 rings (SSSR count). The van der Waals surface area contributed by atoms with Gasteiger partial charge >= 0.3 is 6.36 Å². The molecule has 0 unspecified atom stereocenters. The molecule has 2 aromatic carbocycles. The van der Waals surface area contributed by atoms with Crippen LogP contribution in [0, 0.1) is 11.8 Å². The van der Waals surface area contributed by atoms with Gasteiger partial charge in [0.2, 0.25) is 5.91 Å². The largest absolute Gasteiger partial charge is 0.573 e. The number of carbonyl (C=O) groups is 2. The predicted octanol–water partition coefficient (Wildman–Crippen LogP) is 5.29. The molecule has 0 saturated heterocycles. The molecular weight excluding hydrogens is 501 g/mol. The molecule has 1 saturated carbocycles. The van der Waals surface area contributed by atoms with Gasteiger partial charge in [0.15, 0.2) is 0 Å². The van der Waals surface area contributed by atoms with Gasteiger partial charge in [-0.25, -0.2) is 9.97 Å². The first-order chi connectivity index (χ1) is 18.3. The highest BCUT2D eigenvalue weighted by molar-refractivity contribution is 5.78. The number of benzene rings is 2. The molecule has 1 aliphatic rings. The second-order valence-corrected chi connectivity index (χ2v) is 8.90. The average molecular weight is 529 g/mol. The summed E-state index contributed by atoms with van der Waals surface area (Å²) in [5, 5.41) is 5.92. The number of amides is 1. The van der Waals surface area contributed by atoms with Gasteiger partial charge in [0.1, 0.15) is 36.5 Å². The highest BCUT2D eigenvalue weighted by Crippen LogP contribution is 2.28. The molecule has 0 spiro atoms. The van der Waals surface area contributed by atoms with Crippen molar-refractivity contribution in [2.45, 2.75) is 32.0 Å². The zero-order valence-corrected chi connectivity index (χ0v) is 20.4. The van der Waals surface area contributed by atoms with Crippen molar-refractivity contribution in [2.24, 2.45) is 11.8 Å². The topological polar surface area (TPSA) is 102 Å². The molecule has 11 heteroatoms. The minimum atomic E-state index is -4.74. The summed E-state index contributed by atoms with van der Waals surface area (Å²) in [6.45, 7) is 0.710. The van der Waals surface area contributed by atoms with Crippen molar-refractivity contribution in [3.8, 4) is 22.8 Å². The Morgan fingerprint density at radius 1 is 0.974 bits per heavy atom. The van der Waals surface area contributed by atoms with Gasteiger partial charge in [-0.15, -0.1) is 13.2 Å². The average Bonchev–Trinajstić information content (AvgIpc) is 2.92. The summed E-state index contributed by atoms with van der Waals surface area (Å²) >= 11 is 0. The van der Waals surface area contributed by atoms with Gasteiger partial charge in [-0.05, 0) is 74.2 Å². The first-order valence-corrected chi connectivity index (χ1v) is 12.2. The molecule has 0 aliphatic heterocycles. The number of aldehydes is 1. The molecule has 1 aromatic heterocycles. The fraction of sp³-hybridized carbons (Fsp3) is 0.333. The minimum Gasteiger partial charge on any atom is -0.492 e. The number of hydrogen-bond acceptors (Lipinski definition) is 7. The summed E-state index contributed by atoms with van der Waals surface area (Å²) in [5.41, 5.74) is 1.99. The summed E-state index contributed by atoms with van der Waals surface area (Å²) in [4.78, 5) is 31.6. The SMILES string of the molecule is O=CC1CCC(C(=O)NCCOc2ccc(-c3cc(Nc4ccc(OC(F)(F)F)cc4)ncn3)cc2)CC1. The number of rotatable bonds is 10. The lowest BCUT2D eigenvalue weighted by Gasteiger charge is -2.24. The van der Waals surface area contributed by atoms with E-state index in [1.54, 1.807) is 18.2 Å². The van der Waals surface area contributed by atoms with Crippen LogP contribution >= 0.6 is 0 Å². The molecule has 200 valence electrons. The number of aromatic nitrogens is 2. The highest BCUT2D eigenvalue weighted by Gasteiger charge is 2.31. The normalized spacial score (nSPS) is 17.3. The lowest BCUT2D eigenvalue weighted by Crippen LogP contribution is -2.35. The number of nitrogens with zero attached hydrogens (tertiary/aromatic N) is 2. The Balaban J connectivity index is 1.25. The Bertz CT molecular complexity index is 1210. The lowest BCUT2D eigenvalue weighted by atomic mass is 9.82. The Kier molecular flexibility index (Phi) is 8.77. The van der Waals surface area contributed by atoms with Crippen LogP contribution < -0.4 is 20.1 Å². The van der Waals surface area contributed by atoms with E-state index in [-0.39, 0.29) is 23.5 Å². The minimum absolute atomic E-state index is 0.00653. The summed E-state index contributed by atoms with van der Waals surface area (Å²) in [7, 11) is 0. The third-order valence-corrected chi connectivity index (χ3v) is 6.18. The van der Waals surface area contributed by atoms with Crippen LogP contribution in [0.3, 0.4) is 0 Å². The van der Waals surface area contributed by atoms with Crippen molar-refractivity contribution in [3.05, 3.63) is 60.9 Å². The van der Waals surface area contributed by atoms with Crippen molar-refractivity contribution in [3.63, 3.8) is 0 Å². The molecule has 0 radical (unpaired) electrons. The Hall–Kier alpha value is -4.15. The Morgan fingerprint density at radius 3 is 2.32 bits per heavy atom. The van der Waals surface area contributed by atoms with E-state index in [4.69, 9.17) is 4.74 Å². The van der Waals surface area contributed by atoms with E-state index >= 15 is 0 Å². The zero-order chi connectivity index (χ0) is 27.0. The smallest absolute Gasteiger partial charge is 0.492 e. The molecule has 1 amide bonds. The zero-order valence-electron chi connectivity index (χ0n) is 20.4. The van der Waals surface area contributed by atoms with Gasteiger partial charge in [-0.3, -0.25) is 4.79 Å². The fourth-order valence-electron chi connectivity index (χ4n) is 4.20. The van der Waals surface area contributed by atoms with Crippen molar-refractivity contribution in [1.29, 1.82) is 0 Å². The number of alkyl halides is 3. The first kappa shape index (κ1) is 26.9.